The van der Waals surface area contributed by atoms with Gasteiger partial charge in [-0.05, 0) is 44.6 Å². The second-order valence-corrected chi connectivity index (χ2v) is 5.93. The molecule has 0 amide bonds. The van der Waals surface area contributed by atoms with Crippen LogP contribution < -0.4 is 5.73 Å². The molecule has 0 bridgehead atoms. The molecule has 1 aliphatic carbocycles. The summed E-state index contributed by atoms with van der Waals surface area (Å²) >= 11 is 0. The van der Waals surface area contributed by atoms with Gasteiger partial charge in [0.2, 0.25) is 0 Å². The van der Waals surface area contributed by atoms with Crippen molar-refractivity contribution in [3.8, 4) is 0 Å². The van der Waals surface area contributed by atoms with Gasteiger partial charge >= 0.3 is 0 Å². The topological polar surface area (TPSA) is 61.0 Å². The first kappa shape index (κ1) is 14.4. The standard InChI is InChI=1S/C15H25N3O/c1-11-4-7-15(19-3,8-5-11)14-17-9-6-13(18-14)10-12(2)16/h6,9,11-12H,4-5,7-8,10,16H2,1-3H3. The van der Waals surface area contributed by atoms with Crippen molar-refractivity contribution in [2.75, 3.05) is 7.11 Å². The molecule has 1 saturated carbocycles. The highest BCUT2D eigenvalue weighted by atomic mass is 16.5. The fourth-order valence-corrected chi connectivity index (χ4v) is 2.81. The molecule has 1 atom stereocenters. The van der Waals surface area contributed by atoms with E-state index in [-0.39, 0.29) is 11.6 Å². The molecule has 1 unspecified atom stereocenters. The Kier molecular flexibility index (Phi) is 4.53. The molecule has 1 aromatic rings. The van der Waals surface area contributed by atoms with Crippen LogP contribution in [-0.4, -0.2) is 23.1 Å². The molecule has 1 aromatic heterocycles. The summed E-state index contributed by atoms with van der Waals surface area (Å²) in [5.41, 5.74) is 6.56. The van der Waals surface area contributed by atoms with E-state index in [1.54, 1.807) is 7.11 Å². The summed E-state index contributed by atoms with van der Waals surface area (Å²) in [5, 5.41) is 0. The molecule has 0 aliphatic heterocycles. The first-order chi connectivity index (χ1) is 9.05. The number of ether oxygens (including phenoxy) is 1. The van der Waals surface area contributed by atoms with Crippen molar-refractivity contribution < 1.29 is 4.74 Å². The Labute approximate surface area is 115 Å². The number of aromatic nitrogens is 2. The lowest BCUT2D eigenvalue weighted by atomic mass is 9.79. The van der Waals surface area contributed by atoms with Crippen LogP contribution in [0, 0.1) is 5.92 Å². The Bertz CT molecular complexity index is 412. The van der Waals surface area contributed by atoms with Crippen molar-refractivity contribution in [3.05, 3.63) is 23.8 Å². The molecule has 4 nitrogen and oxygen atoms in total. The van der Waals surface area contributed by atoms with Gasteiger partial charge in [0.1, 0.15) is 5.60 Å². The van der Waals surface area contributed by atoms with Gasteiger partial charge in [-0.3, -0.25) is 0 Å². The highest BCUT2D eigenvalue weighted by Crippen LogP contribution is 2.40. The Balaban J connectivity index is 2.23. The quantitative estimate of drug-likeness (QED) is 0.906. The van der Waals surface area contributed by atoms with Crippen LogP contribution in [0.3, 0.4) is 0 Å². The molecule has 0 saturated heterocycles. The predicted octanol–water partition coefficient (Wildman–Crippen LogP) is 2.42. The van der Waals surface area contributed by atoms with Crippen LogP contribution in [0.1, 0.15) is 51.0 Å². The molecule has 2 N–H and O–H groups in total. The lowest BCUT2D eigenvalue weighted by Gasteiger charge is -2.37. The highest BCUT2D eigenvalue weighted by Gasteiger charge is 2.38. The summed E-state index contributed by atoms with van der Waals surface area (Å²) in [6.45, 7) is 4.29. The van der Waals surface area contributed by atoms with Crippen molar-refractivity contribution in [3.63, 3.8) is 0 Å². The Morgan fingerprint density at radius 2 is 2.16 bits per heavy atom. The summed E-state index contributed by atoms with van der Waals surface area (Å²) in [5.74, 6) is 1.61. The third-order valence-electron chi connectivity index (χ3n) is 4.12. The zero-order valence-electron chi connectivity index (χ0n) is 12.2. The van der Waals surface area contributed by atoms with E-state index >= 15 is 0 Å². The normalized spacial score (nSPS) is 29.2. The number of methoxy groups -OCH3 is 1. The first-order valence-electron chi connectivity index (χ1n) is 7.19. The van der Waals surface area contributed by atoms with E-state index in [2.05, 4.69) is 16.9 Å². The molecule has 0 spiro atoms. The van der Waals surface area contributed by atoms with Gasteiger partial charge in [-0.2, -0.15) is 0 Å². The lowest BCUT2D eigenvalue weighted by molar-refractivity contribution is -0.0599. The van der Waals surface area contributed by atoms with Gasteiger partial charge in [0.05, 0.1) is 0 Å². The molecule has 1 heterocycles. The SMILES string of the molecule is COC1(c2nccc(CC(C)N)n2)CCC(C)CC1. The van der Waals surface area contributed by atoms with Crippen LogP contribution in [0.15, 0.2) is 12.3 Å². The maximum absolute atomic E-state index is 5.84. The minimum Gasteiger partial charge on any atom is -0.370 e. The second-order valence-electron chi connectivity index (χ2n) is 5.93. The molecule has 19 heavy (non-hydrogen) atoms. The Morgan fingerprint density at radius 1 is 1.47 bits per heavy atom. The number of hydrogen-bond acceptors (Lipinski definition) is 4. The van der Waals surface area contributed by atoms with E-state index < -0.39 is 0 Å². The van der Waals surface area contributed by atoms with Crippen molar-refractivity contribution in [2.24, 2.45) is 11.7 Å². The van der Waals surface area contributed by atoms with E-state index in [0.717, 1.165) is 36.7 Å². The minimum absolute atomic E-state index is 0.118. The summed E-state index contributed by atoms with van der Waals surface area (Å²) in [6.07, 6.45) is 6.98. The van der Waals surface area contributed by atoms with Gasteiger partial charge in [0.15, 0.2) is 5.82 Å². The van der Waals surface area contributed by atoms with Crippen LogP contribution in [0.25, 0.3) is 0 Å². The van der Waals surface area contributed by atoms with Crippen molar-refractivity contribution >= 4 is 0 Å². The maximum Gasteiger partial charge on any atom is 0.160 e. The smallest absolute Gasteiger partial charge is 0.160 e. The molecule has 1 fully saturated rings. The van der Waals surface area contributed by atoms with E-state index in [4.69, 9.17) is 10.5 Å². The molecule has 1 aliphatic rings. The first-order valence-corrected chi connectivity index (χ1v) is 7.19. The fourth-order valence-electron chi connectivity index (χ4n) is 2.81. The highest BCUT2D eigenvalue weighted by molar-refractivity contribution is 5.11. The minimum atomic E-state index is -0.291. The molecular weight excluding hydrogens is 238 g/mol. The molecule has 106 valence electrons. The van der Waals surface area contributed by atoms with Crippen LogP contribution >= 0.6 is 0 Å². The largest absolute Gasteiger partial charge is 0.370 e. The molecule has 2 rings (SSSR count). The molecule has 0 radical (unpaired) electrons. The number of hydrogen-bond donors (Lipinski definition) is 1. The van der Waals surface area contributed by atoms with E-state index in [1.165, 1.54) is 12.8 Å². The number of rotatable bonds is 4. The summed E-state index contributed by atoms with van der Waals surface area (Å²) < 4.78 is 5.82. The number of nitrogens with two attached hydrogens (primary N) is 1. The molecule has 0 aromatic carbocycles. The average Bonchev–Trinajstić information content (AvgIpc) is 2.40. The van der Waals surface area contributed by atoms with Crippen molar-refractivity contribution in [1.82, 2.24) is 9.97 Å². The van der Waals surface area contributed by atoms with E-state index in [9.17, 15) is 0 Å². The zero-order chi connectivity index (χ0) is 13.9. The van der Waals surface area contributed by atoms with Crippen LogP contribution in [-0.2, 0) is 16.8 Å². The zero-order valence-corrected chi connectivity index (χ0v) is 12.2. The van der Waals surface area contributed by atoms with Crippen LogP contribution in [0.2, 0.25) is 0 Å². The summed E-state index contributed by atoms with van der Waals surface area (Å²) in [4.78, 5) is 9.15. The average molecular weight is 263 g/mol. The van der Waals surface area contributed by atoms with Crippen molar-refractivity contribution in [1.29, 1.82) is 0 Å². The second kappa shape index (κ2) is 5.97. The Morgan fingerprint density at radius 3 is 2.74 bits per heavy atom. The van der Waals surface area contributed by atoms with Gasteiger partial charge in [-0.15, -0.1) is 0 Å². The third kappa shape index (κ3) is 3.31. The maximum atomic E-state index is 5.84. The van der Waals surface area contributed by atoms with Crippen molar-refractivity contribution in [2.45, 2.75) is 57.6 Å². The summed E-state index contributed by atoms with van der Waals surface area (Å²) in [6, 6.07) is 2.06. The van der Waals surface area contributed by atoms with Gasteiger partial charge in [-0.25, -0.2) is 9.97 Å². The molecular formula is C15H25N3O. The fraction of sp³-hybridized carbons (Fsp3) is 0.733. The van der Waals surface area contributed by atoms with E-state index in [0.29, 0.717) is 0 Å². The third-order valence-corrected chi connectivity index (χ3v) is 4.12. The van der Waals surface area contributed by atoms with Gasteiger partial charge in [-0.1, -0.05) is 6.92 Å². The predicted molar refractivity (Wildman–Crippen MR) is 75.7 cm³/mol. The van der Waals surface area contributed by atoms with Crippen LogP contribution in [0.4, 0.5) is 0 Å². The number of nitrogens with zero attached hydrogens (tertiary/aromatic N) is 2. The van der Waals surface area contributed by atoms with Gasteiger partial charge in [0.25, 0.3) is 0 Å². The molecule has 4 heteroatoms. The monoisotopic (exact) mass is 263 g/mol. The summed E-state index contributed by atoms with van der Waals surface area (Å²) in [7, 11) is 1.78. The van der Waals surface area contributed by atoms with Crippen LogP contribution in [0.5, 0.6) is 0 Å². The lowest BCUT2D eigenvalue weighted by Crippen LogP contribution is -2.35. The van der Waals surface area contributed by atoms with Gasteiger partial charge < -0.3 is 10.5 Å². The van der Waals surface area contributed by atoms with Gasteiger partial charge in [0, 0.05) is 31.5 Å². The van der Waals surface area contributed by atoms with E-state index in [1.807, 2.05) is 19.2 Å². The Hall–Kier alpha value is -1.00.